The summed E-state index contributed by atoms with van der Waals surface area (Å²) in [6.07, 6.45) is 5.48. The first-order valence-corrected chi connectivity index (χ1v) is 7.89. The van der Waals surface area contributed by atoms with Crippen LogP contribution in [0.25, 0.3) is 10.1 Å². The summed E-state index contributed by atoms with van der Waals surface area (Å²) in [6.45, 7) is 3.41. The number of nitrogens with one attached hydrogen (secondary N) is 1. The van der Waals surface area contributed by atoms with Gasteiger partial charge in [-0.15, -0.1) is 11.3 Å². The van der Waals surface area contributed by atoms with E-state index in [2.05, 4.69) is 41.9 Å². The highest BCUT2D eigenvalue weighted by Crippen LogP contribution is 2.27. The average Bonchev–Trinajstić information content (AvgIpc) is 2.82. The molecule has 1 saturated carbocycles. The Labute approximate surface area is 113 Å². The molecule has 1 aliphatic carbocycles. The Hall–Kier alpha value is -0.860. The molecule has 0 radical (unpaired) electrons. The van der Waals surface area contributed by atoms with Crippen molar-refractivity contribution in [3.8, 4) is 0 Å². The third kappa shape index (κ3) is 2.60. The molecule has 3 rings (SSSR count). The predicted molar refractivity (Wildman–Crippen MR) is 80.1 cm³/mol. The molecule has 1 nitrogen and oxygen atoms in total. The second-order valence-electron chi connectivity index (χ2n) is 5.59. The van der Waals surface area contributed by atoms with Crippen LogP contribution in [0.1, 0.15) is 38.2 Å². The molecule has 2 aromatic rings. The number of hydrogen-bond donors (Lipinski definition) is 1. The molecular weight excluding hydrogens is 238 g/mol. The normalized spacial score (nSPS) is 24.5. The van der Waals surface area contributed by atoms with Crippen molar-refractivity contribution >= 4 is 21.4 Å². The van der Waals surface area contributed by atoms with Crippen molar-refractivity contribution in [1.82, 2.24) is 5.32 Å². The Morgan fingerprint density at radius 2 is 1.94 bits per heavy atom. The second kappa shape index (κ2) is 5.41. The summed E-state index contributed by atoms with van der Waals surface area (Å²) in [7, 11) is 0. The Morgan fingerprint density at radius 3 is 2.78 bits per heavy atom. The maximum atomic E-state index is 3.74. The molecule has 1 aliphatic rings. The van der Waals surface area contributed by atoms with E-state index in [0.717, 1.165) is 18.5 Å². The van der Waals surface area contributed by atoms with E-state index in [1.807, 2.05) is 11.3 Å². The molecule has 18 heavy (non-hydrogen) atoms. The quantitative estimate of drug-likeness (QED) is 0.851. The summed E-state index contributed by atoms with van der Waals surface area (Å²) in [5.74, 6) is 0.935. The van der Waals surface area contributed by atoms with Gasteiger partial charge in [-0.25, -0.2) is 0 Å². The van der Waals surface area contributed by atoms with Gasteiger partial charge in [-0.3, -0.25) is 0 Å². The summed E-state index contributed by atoms with van der Waals surface area (Å²) in [5.41, 5.74) is 1.47. The zero-order valence-electron chi connectivity index (χ0n) is 11.0. The predicted octanol–water partition coefficient (Wildman–Crippen LogP) is 4.57. The highest BCUT2D eigenvalue weighted by molar-refractivity contribution is 7.17. The van der Waals surface area contributed by atoms with Gasteiger partial charge in [-0.2, -0.15) is 0 Å². The van der Waals surface area contributed by atoms with Gasteiger partial charge in [-0.1, -0.05) is 25.1 Å². The van der Waals surface area contributed by atoms with Crippen LogP contribution < -0.4 is 5.32 Å². The molecule has 0 unspecified atom stereocenters. The summed E-state index contributed by atoms with van der Waals surface area (Å²) in [5, 5.41) is 7.48. The summed E-state index contributed by atoms with van der Waals surface area (Å²) in [4.78, 5) is 0. The van der Waals surface area contributed by atoms with Crippen LogP contribution in [0.4, 0.5) is 0 Å². The Morgan fingerprint density at radius 1 is 1.17 bits per heavy atom. The average molecular weight is 259 g/mol. The van der Waals surface area contributed by atoms with Gasteiger partial charge in [0.1, 0.15) is 0 Å². The summed E-state index contributed by atoms with van der Waals surface area (Å²) in [6, 6.07) is 9.46. The standard InChI is InChI=1S/C16H21NS/c1-12-6-8-14(9-7-12)17-10-13-11-18-16-5-3-2-4-15(13)16/h2-5,11-12,14,17H,6-10H2,1H3. The molecule has 96 valence electrons. The smallest absolute Gasteiger partial charge is 0.0346 e. The number of benzene rings is 1. The lowest BCUT2D eigenvalue weighted by molar-refractivity contribution is 0.307. The minimum absolute atomic E-state index is 0.736. The van der Waals surface area contributed by atoms with Crippen molar-refractivity contribution in [3.63, 3.8) is 0 Å². The van der Waals surface area contributed by atoms with E-state index < -0.39 is 0 Å². The zero-order chi connectivity index (χ0) is 12.4. The van der Waals surface area contributed by atoms with Crippen molar-refractivity contribution < 1.29 is 0 Å². The fraction of sp³-hybridized carbons (Fsp3) is 0.500. The van der Waals surface area contributed by atoms with Gasteiger partial charge in [0.05, 0.1) is 0 Å². The van der Waals surface area contributed by atoms with Gasteiger partial charge in [-0.05, 0) is 54.0 Å². The number of hydrogen-bond acceptors (Lipinski definition) is 2. The fourth-order valence-corrected chi connectivity index (χ4v) is 3.85. The van der Waals surface area contributed by atoms with Crippen LogP contribution in [0, 0.1) is 5.92 Å². The molecule has 0 amide bonds. The van der Waals surface area contributed by atoms with E-state index in [-0.39, 0.29) is 0 Å². The molecule has 0 aliphatic heterocycles. The van der Waals surface area contributed by atoms with Crippen molar-refractivity contribution in [1.29, 1.82) is 0 Å². The largest absolute Gasteiger partial charge is 0.310 e. The van der Waals surface area contributed by atoms with Gasteiger partial charge in [0, 0.05) is 17.3 Å². The summed E-state index contributed by atoms with van der Waals surface area (Å²) < 4.78 is 1.41. The first kappa shape index (κ1) is 12.2. The molecule has 1 aromatic heterocycles. The third-order valence-corrected chi connectivity index (χ3v) is 5.17. The molecule has 1 aromatic carbocycles. The van der Waals surface area contributed by atoms with E-state index in [4.69, 9.17) is 0 Å². The lowest BCUT2D eigenvalue weighted by atomic mass is 9.87. The van der Waals surface area contributed by atoms with Gasteiger partial charge < -0.3 is 5.32 Å². The molecule has 0 bridgehead atoms. The number of thiophene rings is 1. The molecule has 0 atom stereocenters. The molecule has 0 spiro atoms. The van der Waals surface area contributed by atoms with Gasteiger partial charge in [0.15, 0.2) is 0 Å². The zero-order valence-corrected chi connectivity index (χ0v) is 11.8. The van der Waals surface area contributed by atoms with Crippen LogP contribution >= 0.6 is 11.3 Å². The van der Waals surface area contributed by atoms with E-state index >= 15 is 0 Å². The van der Waals surface area contributed by atoms with Crippen LogP contribution in [0.3, 0.4) is 0 Å². The van der Waals surface area contributed by atoms with Gasteiger partial charge in [0.2, 0.25) is 0 Å². The summed E-state index contributed by atoms with van der Waals surface area (Å²) >= 11 is 1.86. The number of rotatable bonds is 3. The number of fused-ring (bicyclic) bond motifs is 1. The Bertz CT molecular complexity index is 509. The third-order valence-electron chi connectivity index (χ3n) is 4.16. The van der Waals surface area contributed by atoms with E-state index in [0.29, 0.717) is 0 Å². The lowest BCUT2D eigenvalue weighted by Crippen LogP contribution is -2.32. The topological polar surface area (TPSA) is 12.0 Å². The molecule has 1 heterocycles. The lowest BCUT2D eigenvalue weighted by Gasteiger charge is -2.27. The van der Waals surface area contributed by atoms with Crippen LogP contribution in [-0.2, 0) is 6.54 Å². The maximum absolute atomic E-state index is 3.74. The van der Waals surface area contributed by atoms with Crippen molar-refractivity contribution in [2.45, 2.75) is 45.2 Å². The van der Waals surface area contributed by atoms with Crippen molar-refractivity contribution in [2.75, 3.05) is 0 Å². The minimum Gasteiger partial charge on any atom is -0.310 e. The van der Waals surface area contributed by atoms with Gasteiger partial charge in [0.25, 0.3) is 0 Å². The van der Waals surface area contributed by atoms with Gasteiger partial charge >= 0.3 is 0 Å². The first-order chi connectivity index (χ1) is 8.83. The molecule has 1 N–H and O–H groups in total. The molecule has 0 saturated heterocycles. The van der Waals surface area contributed by atoms with Crippen LogP contribution in [0.2, 0.25) is 0 Å². The van der Waals surface area contributed by atoms with Crippen LogP contribution in [0.5, 0.6) is 0 Å². The Balaban J connectivity index is 1.63. The van der Waals surface area contributed by atoms with Crippen molar-refractivity contribution in [3.05, 3.63) is 35.2 Å². The van der Waals surface area contributed by atoms with E-state index in [1.165, 1.54) is 41.3 Å². The SMILES string of the molecule is CC1CCC(NCc2csc3ccccc23)CC1. The minimum atomic E-state index is 0.736. The highest BCUT2D eigenvalue weighted by Gasteiger charge is 2.17. The van der Waals surface area contributed by atoms with Crippen LogP contribution in [-0.4, -0.2) is 6.04 Å². The molecular formula is C16H21NS. The van der Waals surface area contributed by atoms with Crippen LogP contribution in [0.15, 0.2) is 29.6 Å². The highest BCUT2D eigenvalue weighted by atomic mass is 32.1. The Kier molecular flexibility index (Phi) is 3.67. The van der Waals surface area contributed by atoms with Crippen molar-refractivity contribution in [2.24, 2.45) is 5.92 Å². The maximum Gasteiger partial charge on any atom is 0.0346 e. The fourth-order valence-electron chi connectivity index (χ4n) is 2.89. The molecule has 2 heteroatoms. The second-order valence-corrected chi connectivity index (χ2v) is 6.51. The van der Waals surface area contributed by atoms with E-state index in [9.17, 15) is 0 Å². The molecule has 1 fully saturated rings. The monoisotopic (exact) mass is 259 g/mol. The van der Waals surface area contributed by atoms with E-state index in [1.54, 1.807) is 0 Å². The first-order valence-electron chi connectivity index (χ1n) is 7.01.